The van der Waals surface area contributed by atoms with Gasteiger partial charge in [0.2, 0.25) is 5.88 Å². The molecule has 2 heterocycles. The van der Waals surface area contributed by atoms with Crippen molar-refractivity contribution < 1.29 is 18.3 Å². The maximum absolute atomic E-state index is 13.7. The zero-order valence-corrected chi connectivity index (χ0v) is 13.7. The molecule has 0 fully saturated rings. The molecule has 0 saturated heterocycles. The highest BCUT2D eigenvalue weighted by molar-refractivity contribution is 6.00. The van der Waals surface area contributed by atoms with Crippen molar-refractivity contribution in [3.8, 4) is 6.07 Å². The van der Waals surface area contributed by atoms with E-state index in [-0.39, 0.29) is 29.6 Å². The first-order chi connectivity index (χ1) is 12.6. The Morgan fingerprint density at radius 2 is 2.08 bits per heavy atom. The number of furan rings is 1. The van der Waals surface area contributed by atoms with Crippen molar-refractivity contribution in [2.24, 2.45) is 5.73 Å². The Morgan fingerprint density at radius 3 is 2.77 bits per heavy atom. The molecule has 1 aromatic heterocycles. The normalized spacial score (nSPS) is 22.7. The summed E-state index contributed by atoms with van der Waals surface area (Å²) in [5.41, 5.74) is 6.95. The summed E-state index contributed by atoms with van der Waals surface area (Å²) >= 11 is 0. The molecule has 2 atom stereocenters. The summed E-state index contributed by atoms with van der Waals surface area (Å²) < 4.78 is 24.8. The summed E-state index contributed by atoms with van der Waals surface area (Å²) in [4.78, 5) is 12.9. The van der Waals surface area contributed by atoms with E-state index in [4.69, 9.17) is 14.9 Å². The highest BCUT2D eigenvalue weighted by Gasteiger charge is 2.41. The molecule has 26 heavy (non-hydrogen) atoms. The summed E-state index contributed by atoms with van der Waals surface area (Å²) in [6.45, 7) is 0. The number of nitriles is 1. The lowest BCUT2D eigenvalue weighted by Crippen LogP contribution is -2.29. The second kappa shape index (κ2) is 6.19. The molecule has 4 rings (SSSR count). The summed E-state index contributed by atoms with van der Waals surface area (Å²) in [7, 11) is 0. The standard InChI is InChI=1S/C20H15FN2O3/c21-13-4-1-3-11(7-13)18-14(10-22)20(23)26-17-9-12(8-15(24)19(17)18)16-5-2-6-25-16/h1-7,12,18H,8-9,23H2/t12-,18-/m0/s1. The fourth-order valence-corrected chi connectivity index (χ4v) is 3.65. The lowest BCUT2D eigenvalue weighted by molar-refractivity contribution is -0.117. The maximum Gasteiger partial charge on any atom is 0.205 e. The van der Waals surface area contributed by atoms with Gasteiger partial charge in [-0.2, -0.15) is 5.26 Å². The minimum absolute atomic E-state index is 0.0478. The average Bonchev–Trinajstić information content (AvgIpc) is 3.15. The number of Topliss-reactive ketones (excluding diaryl/α,β-unsaturated/α-hetero) is 1. The Balaban J connectivity index is 1.82. The predicted octanol–water partition coefficient (Wildman–Crippen LogP) is 3.63. The average molecular weight is 350 g/mol. The molecule has 0 radical (unpaired) electrons. The molecule has 0 bridgehead atoms. The number of carbonyl (C=O) groups is 1. The van der Waals surface area contributed by atoms with Gasteiger partial charge in [-0.05, 0) is 29.8 Å². The van der Waals surface area contributed by atoms with Crippen LogP contribution in [-0.2, 0) is 9.53 Å². The molecule has 5 nitrogen and oxygen atoms in total. The van der Waals surface area contributed by atoms with Crippen LogP contribution in [0.3, 0.4) is 0 Å². The van der Waals surface area contributed by atoms with Crippen LogP contribution in [-0.4, -0.2) is 5.78 Å². The number of hydrogen-bond acceptors (Lipinski definition) is 5. The third-order valence-corrected chi connectivity index (χ3v) is 4.79. The topological polar surface area (TPSA) is 89.3 Å². The highest BCUT2D eigenvalue weighted by Crippen LogP contribution is 2.46. The Bertz CT molecular complexity index is 983. The van der Waals surface area contributed by atoms with Gasteiger partial charge in [-0.1, -0.05) is 12.1 Å². The van der Waals surface area contributed by atoms with Crippen molar-refractivity contribution in [3.63, 3.8) is 0 Å². The number of nitrogens with two attached hydrogens (primary N) is 1. The van der Waals surface area contributed by atoms with Gasteiger partial charge in [0, 0.05) is 24.3 Å². The maximum atomic E-state index is 13.7. The fraction of sp³-hybridized carbons (Fsp3) is 0.200. The Morgan fingerprint density at radius 1 is 1.23 bits per heavy atom. The molecule has 2 N–H and O–H groups in total. The molecule has 2 aromatic rings. The van der Waals surface area contributed by atoms with E-state index in [0.717, 1.165) is 0 Å². The van der Waals surface area contributed by atoms with Crippen LogP contribution in [0.4, 0.5) is 4.39 Å². The third kappa shape index (κ3) is 2.58. The second-order valence-corrected chi connectivity index (χ2v) is 6.36. The molecular formula is C20H15FN2O3. The fourth-order valence-electron chi connectivity index (χ4n) is 3.65. The quantitative estimate of drug-likeness (QED) is 0.893. The lowest BCUT2D eigenvalue weighted by atomic mass is 9.74. The van der Waals surface area contributed by atoms with Crippen molar-refractivity contribution in [1.82, 2.24) is 0 Å². The number of ether oxygens (including phenoxy) is 1. The van der Waals surface area contributed by atoms with Crippen LogP contribution in [0.15, 0.2) is 69.9 Å². The first kappa shape index (κ1) is 16.2. The summed E-state index contributed by atoms with van der Waals surface area (Å²) in [6.07, 6.45) is 2.23. The van der Waals surface area contributed by atoms with Crippen LogP contribution in [0.1, 0.15) is 36.0 Å². The van der Waals surface area contributed by atoms with Crippen LogP contribution in [0.25, 0.3) is 0 Å². The molecule has 2 aliphatic rings. The van der Waals surface area contributed by atoms with Gasteiger partial charge in [0.15, 0.2) is 5.78 Å². The van der Waals surface area contributed by atoms with Crippen LogP contribution >= 0.6 is 0 Å². The largest absolute Gasteiger partial charge is 0.469 e. The third-order valence-electron chi connectivity index (χ3n) is 4.79. The van der Waals surface area contributed by atoms with Crippen molar-refractivity contribution in [2.45, 2.75) is 24.7 Å². The summed E-state index contributed by atoms with van der Waals surface area (Å²) in [6, 6.07) is 11.5. The van der Waals surface area contributed by atoms with Gasteiger partial charge >= 0.3 is 0 Å². The van der Waals surface area contributed by atoms with E-state index in [2.05, 4.69) is 0 Å². The Hall–Kier alpha value is -3.33. The molecule has 0 amide bonds. The Labute approximate surface area is 149 Å². The molecular weight excluding hydrogens is 335 g/mol. The van der Waals surface area contributed by atoms with E-state index >= 15 is 0 Å². The van der Waals surface area contributed by atoms with E-state index in [0.29, 0.717) is 29.1 Å². The minimum Gasteiger partial charge on any atom is -0.469 e. The molecule has 1 aliphatic heterocycles. The molecule has 1 aromatic carbocycles. The van der Waals surface area contributed by atoms with Gasteiger partial charge in [0.1, 0.15) is 29.0 Å². The van der Waals surface area contributed by atoms with Gasteiger partial charge in [-0.15, -0.1) is 0 Å². The first-order valence-electron chi connectivity index (χ1n) is 8.21. The SMILES string of the molecule is N#CC1=C(N)OC2=C(C(=O)C[C@H](c3ccco3)C2)[C@H]1c1cccc(F)c1. The van der Waals surface area contributed by atoms with Gasteiger partial charge in [-0.25, -0.2) is 4.39 Å². The van der Waals surface area contributed by atoms with Crippen LogP contribution < -0.4 is 5.73 Å². The summed E-state index contributed by atoms with van der Waals surface area (Å²) in [5, 5.41) is 9.53. The first-order valence-corrected chi connectivity index (χ1v) is 8.21. The van der Waals surface area contributed by atoms with Crippen molar-refractivity contribution in [1.29, 1.82) is 5.26 Å². The second-order valence-electron chi connectivity index (χ2n) is 6.36. The van der Waals surface area contributed by atoms with Crippen molar-refractivity contribution in [3.05, 3.63) is 82.6 Å². The molecule has 0 saturated carbocycles. The van der Waals surface area contributed by atoms with E-state index < -0.39 is 11.7 Å². The van der Waals surface area contributed by atoms with Crippen LogP contribution in [0.2, 0.25) is 0 Å². The highest BCUT2D eigenvalue weighted by atomic mass is 19.1. The number of allylic oxidation sites excluding steroid dienone is 3. The monoisotopic (exact) mass is 350 g/mol. The molecule has 1 aliphatic carbocycles. The number of nitrogens with zero attached hydrogens (tertiary/aromatic N) is 1. The number of carbonyl (C=O) groups excluding carboxylic acids is 1. The van der Waals surface area contributed by atoms with Crippen LogP contribution in [0.5, 0.6) is 0 Å². The predicted molar refractivity (Wildman–Crippen MR) is 89.8 cm³/mol. The molecule has 130 valence electrons. The molecule has 0 spiro atoms. The number of benzene rings is 1. The number of rotatable bonds is 2. The minimum atomic E-state index is -0.718. The zero-order valence-electron chi connectivity index (χ0n) is 13.7. The van der Waals surface area contributed by atoms with Gasteiger partial charge in [-0.3, -0.25) is 4.79 Å². The summed E-state index contributed by atoms with van der Waals surface area (Å²) in [5.74, 6) is -0.387. The number of ketones is 1. The van der Waals surface area contributed by atoms with E-state index in [1.54, 1.807) is 24.5 Å². The van der Waals surface area contributed by atoms with Crippen molar-refractivity contribution >= 4 is 5.78 Å². The van der Waals surface area contributed by atoms with E-state index in [1.165, 1.54) is 12.1 Å². The van der Waals surface area contributed by atoms with E-state index in [1.807, 2.05) is 12.1 Å². The zero-order chi connectivity index (χ0) is 18.3. The van der Waals surface area contributed by atoms with Gasteiger partial charge in [0.25, 0.3) is 0 Å². The number of halogens is 1. The van der Waals surface area contributed by atoms with Gasteiger partial charge in [0.05, 0.1) is 12.2 Å². The van der Waals surface area contributed by atoms with Crippen LogP contribution in [0, 0.1) is 17.1 Å². The number of hydrogen-bond donors (Lipinski definition) is 1. The Kier molecular flexibility index (Phi) is 3.85. The molecule has 0 unspecified atom stereocenters. The van der Waals surface area contributed by atoms with E-state index in [9.17, 15) is 14.4 Å². The van der Waals surface area contributed by atoms with Gasteiger partial charge < -0.3 is 14.9 Å². The lowest BCUT2D eigenvalue weighted by Gasteiger charge is -2.33. The molecule has 6 heteroatoms. The smallest absolute Gasteiger partial charge is 0.205 e. The van der Waals surface area contributed by atoms with Crippen molar-refractivity contribution in [2.75, 3.05) is 0 Å².